The molecule has 0 saturated carbocycles. The molecule has 0 radical (unpaired) electrons. The number of alkyl halides is 3. The van der Waals surface area contributed by atoms with E-state index in [1.807, 2.05) is 0 Å². The van der Waals surface area contributed by atoms with Gasteiger partial charge >= 0.3 is 6.18 Å². The first-order chi connectivity index (χ1) is 11.9. The van der Waals surface area contributed by atoms with E-state index in [1.165, 1.54) is 16.0 Å². The molecule has 1 aliphatic rings. The summed E-state index contributed by atoms with van der Waals surface area (Å²) in [7, 11) is 0. The van der Waals surface area contributed by atoms with Gasteiger partial charge in [0.15, 0.2) is 0 Å². The van der Waals surface area contributed by atoms with E-state index in [2.05, 4.69) is 48.3 Å². The second-order valence-electron chi connectivity index (χ2n) is 6.82. The minimum atomic E-state index is -4.09. The average molecular weight is 357 g/mol. The van der Waals surface area contributed by atoms with Gasteiger partial charge in [-0.05, 0) is 50.1 Å². The smallest absolute Gasteiger partial charge is 0.310 e. The lowest BCUT2D eigenvalue weighted by Gasteiger charge is -2.32. The Morgan fingerprint density at radius 1 is 1.04 bits per heavy atom. The Morgan fingerprint density at radius 2 is 1.60 bits per heavy atom. The van der Waals surface area contributed by atoms with Crippen LogP contribution in [0.25, 0.3) is 0 Å². The Bertz CT molecular complexity index is 490. The highest BCUT2D eigenvalue weighted by Gasteiger charge is 2.32. The molecular formula is C19H30F3N3. The van der Waals surface area contributed by atoms with Crippen LogP contribution in [0.1, 0.15) is 37.8 Å². The van der Waals surface area contributed by atoms with Crippen LogP contribution in [0, 0.1) is 0 Å². The second-order valence-corrected chi connectivity index (χ2v) is 6.82. The van der Waals surface area contributed by atoms with Gasteiger partial charge in [0.05, 0.1) is 6.54 Å². The van der Waals surface area contributed by atoms with E-state index in [9.17, 15) is 13.2 Å². The van der Waals surface area contributed by atoms with Crippen LogP contribution in [0.4, 0.5) is 13.2 Å². The predicted octanol–water partition coefficient (Wildman–Crippen LogP) is 3.64. The normalized spacial score (nSPS) is 17.4. The number of halogens is 3. The number of likely N-dealkylation sites (tertiary alicyclic amines) is 1. The van der Waals surface area contributed by atoms with Gasteiger partial charge in [0.1, 0.15) is 0 Å². The summed E-state index contributed by atoms with van der Waals surface area (Å²) in [5, 5.41) is 3.49. The molecule has 1 saturated heterocycles. The molecule has 0 bridgehead atoms. The van der Waals surface area contributed by atoms with Gasteiger partial charge < -0.3 is 5.32 Å². The van der Waals surface area contributed by atoms with Crippen molar-refractivity contribution in [2.24, 2.45) is 0 Å². The zero-order valence-corrected chi connectivity index (χ0v) is 15.3. The minimum absolute atomic E-state index is 0.305. The van der Waals surface area contributed by atoms with E-state index in [0.29, 0.717) is 19.1 Å². The Labute approximate surface area is 149 Å². The number of nitrogens with zero attached hydrogens (tertiary/aromatic N) is 2. The summed E-state index contributed by atoms with van der Waals surface area (Å²) in [5.41, 5.74) is 2.54. The van der Waals surface area contributed by atoms with Crippen molar-refractivity contribution < 1.29 is 13.2 Å². The maximum atomic E-state index is 12.4. The monoisotopic (exact) mass is 357 g/mol. The van der Waals surface area contributed by atoms with E-state index in [-0.39, 0.29) is 0 Å². The van der Waals surface area contributed by atoms with Gasteiger partial charge in [0.2, 0.25) is 0 Å². The van der Waals surface area contributed by atoms with Crippen molar-refractivity contribution in [3.8, 4) is 0 Å². The van der Waals surface area contributed by atoms with Gasteiger partial charge in [0.25, 0.3) is 0 Å². The molecule has 1 heterocycles. The third-order valence-corrected chi connectivity index (χ3v) is 4.91. The number of nitrogens with one attached hydrogen (secondary N) is 1. The van der Waals surface area contributed by atoms with Gasteiger partial charge in [-0.25, -0.2) is 0 Å². The lowest BCUT2D eigenvalue weighted by molar-refractivity contribution is -0.148. The first kappa shape index (κ1) is 20.2. The average Bonchev–Trinajstić information content (AvgIpc) is 2.59. The standard InChI is InChI=1S/C19H30F3N3/c1-3-24(4-2)14-17-7-5-16(6-8-17)13-23-18-9-11-25(12-10-18)15-19(20,21)22/h5-8,18,23H,3-4,9-15H2,1-2H3. The molecule has 1 aromatic carbocycles. The topological polar surface area (TPSA) is 18.5 Å². The van der Waals surface area contributed by atoms with E-state index < -0.39 is 12.7 Å². The molecule has 25 heavy (non-hydrogen) atoms. The van der Waals surface area contributed by atoms with Gasteiger partial charge in [-0.2, -0.15) is 13.2 Å². The summed E-state index contributed by atoms with van der Waals surface area (Å²) in [6.07, 6.45) is -2.54. The van der Waals surface area contributed by atoms with Crippen molar-refractivity contribution >= 4 is 0 Å². The fourth-order valence-corrected chi connectivity index (χ4v) is 3.28. The first-order valence-electron chi connectivity index (χ1n) is 9.22. The van der Waals surface area contributed by atoms with Crippen molar-refractivity contribution in [2.45, 2.75) is 52.0 Å². The summed E-state index contributed by atoms with van der Waals surface area (Å²) < 4.78 is 37.2. The maximum Gasteiger partial charge on any atom is 0.401 e. The number of hydrogen-bond acceptors (Lipinski definition) is 3. The molecule has 6 heteroatoms. The van der Waals surface area contributed by atoms with Crippen molar-refractivity contribution in [3.05, 3.63) is 35.4 Å². The fourth-order valence-electron chi connectivity index (χ4n) is 3.28. The first-order valence-corrected chi connectivity index (χ1v) is 9.22. The van der Waals surface area contributed by atoms with Gasteiger partial charge in [-0.15, -0.1) is 0 Å². The lowest BCUT2D eigenvalue weighted by atomic mass is 10.0. The maximum absolute atomic E-state index is 12.4. The van der Waals surface area contributed by atoms with Crippen LogP contribution in [0.15, 0.2) is 24.3 Å². The molecule has 0 atom stereocenters. The summed E-state index contributed by atoms with van der Waals surface area (Å²) in [4.78, 5) is 3.88. The quantitative estimate of drug-likeness (QED) is 0.766. The van der Waals surface area contributed by atoms with Crippen LogP contribution in [0.3, 0.4) is 0 Å². The van der Waals surface area contributed by atoms with Crippen LogP contribution in [0.2, 0.25) is 0 Å². The van der Waals surface area contributed by atoms with Crippen LogP contribution in [0.5, 0.6) is 0 Å². The molecule has 1 N–H and O–H groups in total. The molecule has 1 aliphatic heterocycles. The molecule has 3 nitrogen and oxygen atoms in total. The highest BCUT2D eigenvalue weighted by Crippen LogP contribution is 2.20. The molecule has 0 amide bonds. The van der Waals surface area contributed by atoms with Gasteiger partial charge in [-0.1, -0.05) is 38.1 Å². The number of rotatable bonds is 8. The van der Waals surface area contributed by atoms with Gasteiger partial charge in [-0.3, -0.25) is 9.80 Å². The molecule has 0 aliphatic carbocycles. The van der Waals surface area contributed by atoms with Crippen molar-refractivity contribution in [1.82, 2.24) is 15.1 Å². The van der Waals surface area contributed by atoms with E-state index >= 15 is 0 Å². The Balaban J connectivity index is 1.71. The molecule has 0 unspecified atom stereocenters. The van der Waals surface area contributed by atoms with E-state index in [4.69, 9.17) is 0 Å². The molecule has 0 aromatic heterocycles. The highest BCUT2D eigenvalue weighted by atomic mass is 19.4. The van der Waals surface area contributed by atoms with Crippen LogP contribution in [-0.4, -0.2) is 54.7 Å². The summed E-state index contributed by atoms with van der Waals surface area (Å²) in [6, 6.07) is 8.93. The van der Waals surface area contributed by atoms with Crippen LogP contribution in [-0.2, 0) is 13.1 Å². The zero-order valence-electron chi connectivity index (χ0n) is 15.3. The van der Waals surface area contributed by atoms with Crippen molar-refractivity contribution in [3.63, 3.8) is 0 Å². The Kier molecular flexibility index (Phi) is 7.72. The molecule has 0 spiro atoms. The predicted molar refractivity (Wildman–Crippen MR) is 95.4 cm³/mol. The third-order valence-electron chi connectivity index (χ3n) is 4.91. The number of benzene rings is 1. The summed E-state index contributed by atoms with van der Waals surface area (Å²) in [5.74, 6) is 0. The Morgan fingerprint density at radius 3 is 2.12 bits per heavy atom. The zero-order chi connectivity index (χ0) is 18.3. The molecule has 1 fully saturated rings. The van der Waals surface area contributed by atoms with Crippen molar-refractivity contribution in [2.75, 3.05) is 32.7 Å². The fraction of sp³-hybridized carbons (Fsp3) is 0.684. The third kappa shape index (κ3) is 7.34. The van der Waals surface area contributed by atoms with Crippen LogP contribution < -0.4 is 5.32 Å². The summed E-state index contributed by atoms with van der Waals surface area (Å²) >= 11 is 0. The van der Waals surface area contributed by atoms with Gasteiger partial charge in [0, 0.05) is 19.1 Å². The molecular weight excluding hydrogens is 327 g/mol. The Hall–Kier alpha value is -1.11. The minimum Gasteiger partial charge on any atom is -0.310 e. The second kappa shape index (κ2) is 9.55. The number of piperidine rings is 1. The van der Waals surface area contributed by atoms with Crippen LogP contribution >= 0.6 is 0 Å². The van der Waals surface area contributed by atoms with Crippen molar-refractivity contribution in [1.29, 1.82) is 0 Å². The molecule has 2 rings (SSSR count). The van der Waals surface area contributed by atoms with E-state index in [1.54, 1.807) is 0 Å². The molecule has 1 aromatic rings. The lowest BCUT2D eigenvalue weighted by Crippen LogP contribution is -2.45. The highest BCUT2D eigenvalue weighted by molar-refractivity contribution is 5.22. The largest absolute Gasteiger partial charge is 0.401 e. The van der Waals surface area contributed by atoms with E-state index in [0.717, 1.165) is 39.0 Å². The molecule has 142 valence electrons. The SMILES string of the molecule is CCN(CC)Cc1ccc(CNC2CCN(CC(F)(F)F)CC2)cc1. The summed E-state index contributed by atoms with van der Waals surface area (Å²) in [6.45, 7) is 8.42. The number of hydrogen-bond donors (Lipinski definition) is 1.